The SMILES string of the molecule is C=CC[C@@H]1CC[C@H]1CN1CCCCc2cc(Cl)ccc2COc2ccc(C(=O)NS(=O)(=O)[C@H](CCOC)[C@@H](C)CC=C)nc21. The number of carbonyl (C=O) groups excluding carboxylic acids is 1. The molecule has 1 aliphatic carbocycles. The molecule has 0 saturated heterocycles. The molecule has 4 atom stereocenters. The molecule has 10 heteroatoms. The van der Waals surface area contributed by atoms with Crippen LogP contribution in [-0.4, -0.2) is 51.4 Å². The molecule has 0 unspecified atom stereocenters. The lowest BCUT2D eigenvalue weighted by molar-refractivity contribution is 0.0975. The second-order valence-electron chi connectivity index (χ2n) is 12.0. The number of rotatable bonds is 13. The van der Waals surface area contributed by atoms with Gasteiger partial charge in [-0.3, -0.25) is 4.79 Å². The number of aryl methyl sites for hydroxylation is 1. The largest absolute Gasteiger partial charge is 0.485 e. The Morgan fingerprint density at radius 1 is 1.18 bits per heavy atom. The number of anilines is 1. The van der Waals surface area contributed by atoms with Crippen LogP contribution < -0.4 is 14.4 Å². The van der Waals surface area contributed by atoms with Gasteiger partial charge < -0.3 is 14.4 Å². The Balaban J connectivity index is 1.65. The number of hydrogen-bond donors (Lipinski definition) is 1. The van der Waals surface area contributed by atoms with Crippen LogP contribution in [0.4, 0.5) is 5.82 Å². The Labute approximate surface area is 267 Å². The van der Waals surface area contributed by atoms with E-state index in [1.165, 1.54) is 25.2 Å². The zero-order valence-electron chi connectivity index (χ0n) is 26.0. The lowest BCUT2D eigenvalue weighted by atomic mass is 9.71. The fourth-order valence-electron chi connectivity index (χ4n) is 6.26. The fraction of sp³-hybridized carbons (Fsp3) is 0.529. The van der Waals surface area contributed by atoms with Crippen molar-refractivity contribution in [1.29, 1.82) is 0 Å². The number of hydrogen-bond acceptors (Lipinski definition) is 7. The molecular formula is C34H46ClN3O5S. The number of carbonyl (C=O) groups is 1. The number of methoxy groups -OCH3 is 1. The van der Waals surface area contributed by atoms with Gasteiger partial charge in [0.05, 0.1) is 5.25 Å². The maximum Gasteiger partial charge on any atom is 0.283 e. The first-order valence-electron chi connectivity index (χ1n) is 15.6. The lowest BCUT2D eigenvalue weighted by Crippen LogP contribution is -2.42. The first-order chi connectivity index (χ1) is 21.2. The van der Waals surface area contributed by atoms with Crippen LogP contribution in [0.5, 0.6) is 5.75 Å². The third-order valence-electron chi connectivity index (χ3n) is 8.96. The number of fused-ring (bicyclic) bond motifs is 2. The molecular weight excluding hydrogens is 598 g/mol. The van der Waals surface area contributed by atoms with Gasteiger partial charge in [0.2, 0.25) is 10.0 Å². The van der Waals surface area contributed by atoms with Crippen molar-refractivity contribution in [3.8, 4) is 5.75 Å². The van der Waals surface area contributed by atoms with Gasteiger partial charge in [-0.25, -0.2) is 18.1 Å². The van der Waals surface area contributed by atoms with Crippen LogP contribution in [0.25, 0.3) is 0 Å². The van der Waals surface area contributed by atoms with E-state index in [1.54, 1.807) is 12.1 Å². The standard InChI is InChI=1S/C34H46ClN3O5S/c1-5-9-24(3)32(18-20-42-4)44(40,41)37-34(39)30-16-17-31-33(36-30)38(22-27-13-12-25(27)10-6-2)19-8-7-11-26-21-29(35)15-14-28(26)23-43-31/h5-6,14-17,21,24-25,27,32H,1-2,7-13,18-20,22-23H2,3-4H3,(H,37,39)/t24-,25+,27-,32+/m0/s1. The Morgan fingerprint density at radius 3 is 2.68 bits per heavy atom. The molecule has 2 heterocycles. The third kappa shape index (κ3) is 8.64. The highest BCUT2D eigenvalue weighted by Gasteiger charge is 2.34. The van der Waals surface area contributed by atoms with Crippen molar-refractivity contribution in [2.75, 3.05) is 31.7 Å². The van der Waals surface area contributed by atoms with Crippen LogP contribution >= 0.6 is 11.6 Å². The summed E-state index contributed by atoms with van der Waals surface area (Å²) in [5.41, 5.74) is 2.25. The second kappa shape index (κ2) is 15.9. The highest BCUT2D eigenvalue weighted by Crippen LogP contribution is 2.39. The number of pyridine rings is 1. The van der Waals surface area contributed by atoms with Crippen LogP contribution in [0, 0.1) is 17.8 Å². The topological polar surface area (TPSA) is 97.8 Å². The number of benzene rings is 1. The number of ether oxygens (including phenoxy) is 2. The monoisotopic (exact) mass is 643 g/mol. The molecule has 4 rings (SSSR count). The van der Waals surface area contributed by atoms with E-state index in [1.807, 2.05) is 31.2 Å². The Hall–Kier alpha value is -2.88. The van der Waals surface area contributed by atoms with Crippen molar-refractivity contribution in [2.24, 2.45) is 17.8 Å². The van der Waals surface area contributed by atoms with Gasteiger partial charge in [0, 0.05) is 31.8 Å². The van der Waals surface area contributed by atoms with E-state index >= 15 is 0 Å². The second-order valence-corrected chi connectivity index (χ2v) is 14.4. The first kappa shape index (κ1) is 34.0. The minimum atomic E-state index is -4.02. The predicted molar refractivity (Wildman–Crippen MR) is 177 cm³/mol. The normalized spacial score (nSPS) is 20.0. The molecule has 1 aromatic heterocycles. The number of aromatic nitrogens is 1. The summed E-state index contributed by atoms with van der Waals surface area (Å²) in [4.78, 5) is 20.5. The van der Waals surface area contributed by atoms with Crippen molar-refractivity contribution in [3.05, 3.63) is 77.5 Å². The Morgan fingerprint density at radius 2 is 1.98 bits per heavy atom. The van der Waals surface area contributed by atoms with Gasteiger partial charge in [-0.05, 0) is 105 Å². The van der Waals surface area contributed by atoms with E-state index in [2.05, 4.69) is 22.8 Å². The molecule has 0 spiro atoms. The van der Waals surface area contributed by atoms with Gasteiger partial charge in [0.25, 0.3) is 5.91 Å². The zero-order valence-corrected chi connectivity index (χ0v) is 27.5. The molecule has 1 aromatic carbocycles. The third-order valence-corrected chi connectivity index (χ3v) is 11.2. The van der Waals surface area contributed by atoms with Crippen molar-refractivity contribution < 1.29 is 22.7 Å². The van der Waals surface area contributed by atoms with Crippen LogP contribution in [0.1, 0.15) is 73.5 Å². The number of nitrogens with zero attached hydrogens (tertiary/aromatic N) is 2. The molecule has 240 valence electrons. The van der Waals surface area contributed by atoms with Gasteiger partial charge in [0.1, 0.15) is 12.3 Å². The van der Waals surface area contributed by atoms with Crippen LogP contribution in [-0.2, 0) is 27.8 Å². The minimum Gasteiger partial charge on any atom is -0.485 e. The van der Waals surface area contributed by atoms with E-state index in [0.29, 0.717) is 41.5 Å². The summed E-state index contributed by atoms with van der Waals surface area (Å²) in [6.45, 7) is 11.6. The summed E-state index contributed by atoms with van der Waals surface area (Å²) in [5.74, 6) is 1.16. The van der Waals surface area contributed by atoms with E-state index in [-0.39, 0.29) is 24.6 Å². The average molecular weight is 644 g/mol. The van der Waals surface area contributed by atoms with Crippen molar-refractivity contribution in [2.45, 2.75) is 70.1 Å². The number of halogens is 1. The first-order valence-corrected chi connectivity index (χ1v) is 17.5. The summed E-state index contributed by atoms with van der Waals surface area (Å²) in [5, 5.41) is -0.118. The molecule has 1 aliphatic heterocycles. The van der Waals surface area contributed by atoms with E-state index < -0.39 is 21.2 Å². The highest BCUT2D eigenvalue weighted by atomic mass is 35.5. The Kier molecular flexibility index (Phi) is 12.3. The zero-order chi connectivity index (χ0) is 31.7. The van der Waals surface area contributed by atoms with Gasteiger partial charge in [-0.15, -0.1) is 13.2 Å². The average Bonchev–Trinajstić information content (AvgIpc) is 3.01. The van der Waals surface area contributed by atoms with E-state index in [4.69, 9.17) is 26.1 Å². The predicted octanol–water partition coefficient (Wildman–Crippen LogP) is 6.74. The van der Waals surface area contributed by atoms with Gasteiger partial charge in [-0.2, -0.15) is 0 Å². The molecule has 1 saturated carbocycles. The molecule has 0 bridgehead atoms. The van der Waals surface area contributed by atoms with Gasteiger partial charge >= 0.3 is 0 Å². The van der Waals surface area contributed by atoms with E-state index in [9.17, 15) is 13.2 Å². The van der Waals surface area contributed by atoms with Crippen molar-refractivity contribution >= 4 is 33.3 Å². The molecule has 1 N–H and O–H groups in total. The highest BCUT2D eigenvalue weighted by molar-refractivity contribution is 7.90. The maximum atomic E-state index is 13.5. The molecule has 2 aromatic rings. The summed E-state index contributed by atoms with van der Waals surface area (Å²) >= 11 is 6.31. The molecule has 8 nitrogen and oxygen atoms in total. The smallest absolute Gasteiger partial charge is 0.283 e. The quantitative estimate of drug-likeness (QED) is 0.242. The van der Waals surface area contributed by atoms with Crippen LogP contribution in [0.3, 0.4) is 0 Å². The summed E-state index contributed by atoms with van der Waals surface area (Å²) in [7, 11) is -2.50. The lowest BCUT2D eigenvalue weighted by Gasteiger charge is -2.40. The molecule has 1 fully saturated rings. The number of sulfonamides is 1. The molecule has 0 radical (unpaired) electrons. The number of allylic oxidation sites excluding steroid dienone is 2. The summed E-state index contributed by atoms with van der Waals surface area (Å²) in [6.07, 6.45) is 10.5. The van der Waals surface area contributed by atoms with Crippen molar-refractivity contribution in [1.82, 2.24) is 9.71 Å². The molecule has 2 aliphatic rings. The van der Waals surface area contributed by atoms with E-state index in [0.717, 1.165) is 50.8 Å². The van der Waals surface area contributed by atoms with Crippen molar-refractivity contribution in [3.63, 3.8) is 0 Å². The number of nitrogens with one attached hydrogen (secondary N) is 1. The summed E-state index contributed by atoms with van der Waals surface area (Å²) in [6, 6.07) is 9.14. The molecule has 44 heavy (non-hydrogen) atoms. The maximum absolute atomic E-state index is 13.5. The number of amides is 1. The minimum absolute atomic E-state index is 0.0288. The van der Waals surface area contributed by atoms with Crippen LogP contribution in [0.15, 0.2) is 55.6 Å². The summed E-state index contributed by atoms with van der Waals surface area (Å²) < 4.78 is 40.7. The molecule has 1 amide bonds. The fourth-order valence-corrected chi connectivity index (χ4v) is 8.10. The Bertz CT molecular complexity index is 1420. The van der Waals surface area contributed by atoms with Crippen LogP contribution in [0.2, 0.25) is 5.02 Å². The van der Waals surface area contributed by atoms with Gasteiger partial charge in [0.15, 0.2) is 11.6 Å². The van der Waals surface area contributed by atoms with Gasteiger partial charge in [-0.1, -0.05) is 36.7 Å².